The van der Waals surface area contributed by atoms with Gasteiger partial charge < -0.3 is 20.1 Å². The molecule has 2 fully saturated rings. The molecule has 22 heavy (non-hydrogen) atoms. The second-order valence-corrected chi connectivity index (χ2v) is 6.38. The lowest BCUT2D eigenvalue weighted by molar-refractivity contribution is 0.0167. The number of ether oxygens (including phenoxy) is 1. The minimum Gasteiger partial charge on any atom is -0.497 e. The van der Waals surface area contributed by atoms with Crippen LogP contribution in [0, 0.1) is 0 Å². The van der Waals surface area contributed by atoms with Crippen LogP contribution in [0.3, 0.4) is 0 Å². The van der Waals surface area contributed by atoms with Gasteiger partial charge in [-0.2, -0.15) is 0 Å². The van der Waals surface area contributed by atoms with Crippen molar-refractivity contribution < 1.29 is 20.1 Å². The summed E-state index contributed by atoms with van der Waals surface area (Å²) < 4.78 is 5.18. The molecule has 5 heteroatoms. The molecule has 122 valence electrons. The largest absolute Gasteiger partial charge is 0.497 e. The van der Waals surface area contributed by atoms with Crippen molar-refractivity contribution in [2.45, 2.75) is 56.0 Å². The Bertz CT molecular complexity index is 482. The Balaban J connectivity index is 1.77. The number of nitrogens with zero attached hydrogens (tertiary/aromatic N) is 1. The van der Waals surface area contributed by atoms with E-state index in [1.54, 1.807) is 7.11 Å². The second kappa shape index (κ2) is 6.54. The highest BCUT2D eigenvalue weighted by Gasteiger charge is 2.50. The van der Waals surface area contributed by atoms with Crippen molar-refractivity contribution in [1.29, 1.82) is 0 Å². The van der Waals surface area contributed by atoms with Gasteiger partial charge in [-0.05, 0) is 37.0 Å². The van der Waals surface area contributed by atoms with Crippen LogP contribution in [0.4, 0.5) is 0 Å². The van der Waals surface area contributed by atoms with Crippen LogP contribution in [0.15, 0.2) is 24.3 Å². The molecule has 5 atom stereocenters. The highest BCUT2D eigenvalue weighted by molar-refractivity contribution is 5.28. The highest BCUT2D eigenvalue weighted by atomic mass is 16.5. The molecule has 0 bridgehead atoms. The first-order valence-corrected chi connectivity index (χ1v) is 8.03. The lowest BCUT2D eigenvalue weighted by atomic mass is 9.91. The van der Waals surface area contributed by atoms with Crippen LogP contribution in [-0.4, -0.2) is 64.3 Å². The average molecular weight is 307 g/mol. The van der Waals surface area contributed by atoms with E-state index in [0.717, 1.165) is 31.4 Å². The van der Waals surface area contributed by atoms with E-state index in [9.17, 15) is 15.3 Å². The summed E-state index contributed by atoms with van der Waals surface area (Å²) in [5.74, 6) is 0.838. The predicted octanol–water partition coefficient (Wildman–Crippen LogP) is 0.557. The van der Waals surface area contributed by atoms with Crippen molar-refractivity contribution in [3.63, 3.8) is 0 Å². The Morgan fingerprint density at radius 1 is 1.14 bits per heavy atom. The molecule has 3 rings (SSSR count). The second-order valence-electron chi connectivity index (χ2n) is 6.38. The standard InChI is InChI=1S/C17H25NO4/c1-22-13-7-5-11(6-8-13)9-12-3-2-4-14-16(20)17(21)15(10-19)18(12)14/h5-8,12,14-17,19-21H,2-4,9-10H2,1H3/t12?,14-,15+,16+,17+/m1/s1. The minimum absolute atomic E-state index is 0.0378. The lowest BCUT2D eigenvalue weighted by Gasteiger charge is -2.41. The normalized spacial score (nSPS) is 35.4. The van der Waals surface area contributed by atoms with Crippen LogP contribution in [-0.2, 0) is 6.42 Å². The number of hydrogen-bond donors (Lipinski definition) is 3. The molecule has 2 heterocycles. The highest BCUT2D eigenvalue weighted by Crippen LogP contribution is 2.37. The molecule has 1 aromatic rings. The van der Waals surface area contributed by atoms with Crippen LogP contribution in [0.5, 0.6) is 5.75 Å². The van der Waals surface area contributed by atoms with Crippen molar-refractivity contribution in [3.8, 4) is 5.75 Å². The SMILES string of the molecule is COc1ccc(CC2CCC[C@@H]3[C@H](O)[C@@H](O)[C@H](CO)N23)cc1. The number of fused-ring (bicyclic) bond motifs is 1. The number of hydrogen-bond acceptors (Lipinski definition) is 5. The molecule has 0 amide bonds. The van der Waals surface area contributed by atoms with E-state index in [0.29, 0.717) is 0 Å². The van der Waals surface area contributed by atoms with Gasteiger partial charge in [-0.1, -0.05) is 18.6 Å². The molecule has 2 saturated heterocycles. The molecule has 5 nitrogen and oxygen atoms in total. The van der Waals surface area contributed by atoms with E-state index in [1.165, 1.54) is 5.56 Å². The molecular weight excluding hydrogens is 282 g/mol. The van der Waals surface area contributed by atoms with Gasteiger partial charge in [-0.15, -0.1) is 0 Å². The molecule has 0 saturated carbocycles. The van der Waals surface area contributed by atoms with Crippen LogP contribution in [0.1, 0.15) is 24.8 Å². The topological polar surface area (TPSA) is 73.2 Å². The number of benzene rings is 1. The van der Waals surface area contributed by atoms with E-state index in [2.05, 4.69) is 17.0 Å². The van der Waals surface area contributed by atoms with Crippen molar-refractivity contribution >= 4 is 0 Å². The summed E-state index contributed by atoms with van der Waals surface area (Å²) >= 11 is 0. The molecule has 1 unspecified atom stereocenters. The first-order valence-electron chi connectivity index (χ1n) is 8.03. The van der Waals surface area contributed by atoms with Gasteiger partial charge in [0, 0.05) is 12.1 Å². The Hall–Kier alpha value is -1.14. The van der Waals surface area contributed by atoms with Crippen molar-refractivity contribution in [2.24, 2.45) is 0 Å². The van der Waals surface area contributed by atoms with Gasteiger partial charge in [0.2, 0.25) is 0 Å². The maximum atomic E-state index is 10.2. The van der Waals surface area contributed by atoms with Crippen LogP contribution in [0.25, 0.3) is 0 Å². The zero-order valence-electron chi connectivity index (χ0n) is 12.9. The monoisotopic (exact) mass is 307 g/mol. The fourth-order valence-electron chi connectivity index (χ4n) is 4.07. The molecule has 2 aliphatic heterocycles. The summed E-state index contributed by atoms with van der Waals surface area (Å²) in [4.78, 5) is 2.16. The summed E-state index contributed by atoms with van der Waals surface area (Å²) in [7, 11) is 1.65. The van der Waals surface area contributed by atoms with E-state index >= 15 is 0 Å². The maximum absolute atomic E-state index is 10.2. The number of piperidine rings is 1. The van der Waals surface area contributed by atoms with Gasteiger partial charge in [-0.3, -0.25) is 4.90 Å². The van der Waals surface area contributed by atoms with Crippen molar-refractivity contribution in [1.82, 2.24) is 4.90 Å². The molecule has 3 N–H and O–H groups in total. The fraction of sp³-hybridized carbons (Fsp3) is 0.647. The van der Waals surface area contributed by atoms with Gasteiger partial charge in [0.15, 0.2) is 0 Å². The molecule has 1 aromatic carbocycles. The fourth-order valence-corrected chi connectivity index (χ4v) is 4.07. The minimum atomic E-state index is -0.855. The maximum Gasteiger partial charge on any atom is 0.118 e. The van der Waals surface area contributed by atoms with Gasteiger partial charge in [0.05, 0.1) is 32.0 Å². The lowest BCUT2D eigenvalue weighted by Crippen LogP contribution is -2.51. The van der Waals surface area contributed by atoms with E-state index in [4.69, 9.17) is 4.74 Å². The van der Waals surface area contributed by atoms with Crippen molar-refractivity contribution in [3.05, 3.63) is 29.8 Å². The quantitative estimate of drug-likeness (QED) is 0.758. The van der Waals surface area contributed by atoms with E-state index in [-0.39, 0.29) is 24.7 Å². The summed E-state index contributed by atoms with van der Waals surface area (Å²) in [5.41, 5.74) is 1.21. The summed E-state index contributed by atoms with van der Waals surface area (Å²) in [6, 6.07) is 7.86. The van der Waals surface area contributed by atoms with E-state index in [1.807, 2.05) is 12.1 Å². The molecular formula is C17H25NO4. The predicted molar refractivity (Wildman–Crippen MR) is 82.9 cm³/mol. The van der Waals surface area contributed by atoms with Gasteiger partial charge in [0.1, 0.15) is 5.75 Å². The van der Waals surface area contributed by atoms with E-state index < -0.39 is 12.2 Å². The van der Waals surface area contributed by atoms with Crippen LogP contribution >= 0.6 is 0 Å². The number of aliphatic hydroxyl groups excluding tert-OH is 3. The number of rotatable bonds is 4. The first kappa shape index (κ1) is 15.7. The summed E-state index contributed by atoms with van der Waals surface area (Å²) in [6.45, 7) is -0.117. The zero-order valence-corrected chi connectivity index (χ0v) is 12.9. The smallest absolute Gasteiger partial charge is 0.118 e. The van der Waals surface area contributed by atoms with Crippen LogP contribution in [0.2, 0.25) is 0 Å². The Kier molecular flexibility index (Phi) is 4.68. The van der Waals surface area contributed by atoms with Gasteiger partial charge in [0.25, 0.3) is 0 Å². The molecule has 0 aliphatic carbocycles. The number of aliphatic hydroxyl groups is 3. The van der Waals surface area contributed by atoms with Crippen molar-refractivity contribution in [2.75, 3.05) is 13.7 Å². The third kappa shape index (κ3) is 2.74. The Labute approximate surface area is 131 Å². The third-order valence-corrected chi connectivity index (χ3v) is 5.18. The van der Waals surface area contributed by atoms with Crippen LogP contribution < -0.4 is 4.74 Å². The molecule has 0 aromatic heterocycles. The summed E-state index contributed by atoms with van der Waals surface area (Å²) in [5, 5.41) is 30.0. The first-order chi connectivity index (χ1) is 10.7. The zero-order chi connectivity index (χ0) is 15.7. The molecule has 0 spiro atoms. The Morgan fingerprint density at radius 3 is 2.50 bits per heavy atom. The average Bonchev–Trinajstić information content (AvgIpc) is 2.80. The molecule has 2 aliphatic rings. The van der Waals surface area contributed by atoms with Gasteiger partial charge >= 0.3 is 0 Å². The summed E-state index contributed by atoms with van der Waals surface area (Å²) in [6.07, 6.45) is 2.20. The molecule has 0 radical (unpaired) electrons. The van der Waals surface area contributed by atoms with Gasteiger partial charge in [-0.25, -0.2) is 0 Å². The third-order valence-electron chi connectivity index (χ3n) is 5.18. The number of methoxy groups -OCH3 is 1. The Morgan fingerprint density at radius 2 is 1.86 bits per heavy atom.